The number of carbonyl (C=O) groups is 2. The maximum absolute atomic E-state index is 12.8. The first kappa shape index (κ1) is 16.6. The smallest absolute Gasteiger partial charge is 0.394 e. The highest BCUT2D eigenvalue weighted by molar-refractivity contribution is 5.77. The van der Waals surface area contributed by atoms with Crippen molar-refractivity contribution in [2.75, 3.05) is 19.6 Å². The Labute approximate surface area is 126 Å². The molecule has 0 unspecified atom stereocenters. The van der Waals surface area contributed by atoms with E-state index in [2.05, 4.69) is 11.4 Å². The van der Waals surface area contributed by atoms with Gasteiger partial charge in [-0.25, -0.2) is 4.79 Å². The Morgan fingerprint density at radius 3 is 2.59 bits per heavy atom. The van der Waals surface area contributed by atoms with Gasteiger partial charge in [0.15, 0.2) is 0 Å². The van der Waals surface area contributed by atoms with E-state index in [0.29, 0.717) is 13.0 Å². The Morgan fingerprint density at radius 2 is 2.09 bits per heavy atom. The van der Waals surface area contributed by atoms with Gasteiger partial charge in [-0.15, -0.1) is 0 Å². The number of nitrogens with zero attached hydrogens (tertiary/aromatic N) is 1. The summed E-state index contributed by atoms with van der Waals surface area (Å²) in [6, 6.07) is -0.628. The van der Waals surface area contributed by atoms with Gasteiger partial charge in [0.25, 0.3) is 0 Å². The fourth-order valence-electron chi connectivity index (χ4n) is 2.96. The zero-order valence-electron chi connectivity index (χ0n) is 12.0. The molecule has 2 rings (SSSR count). The molecule has 0 aromatic heterocycles. The number of carboxylic acids is 1. The molecule has 0 aromatic rings. The number of aliphatic carboxylic acids is 1. The number of carboxylic acid groups (broad SMARTS) is 1. The molecule has 2 atom stereocenters. The van der Waals surface area contributed by atoms with Crippen molar-refractivity contribution in [3.63, 3.8) is 0 Å². The molecular weight excluding hydrogens is 301 g/mol. The molecular formula is C14H19F3N2O3. The van der Waals surface area contributed by atoms with Crippen LogP contribution in [0.5, 0.6) is 0 Å². The molecule has 0 bridgehead atoms. The number of alkyl halides is 3. The molecule has 1 aliphatic heterocycles. The van der Waals surface area contributed by atoms with Crippen molar-refractivity contribution >= 4 is 12.0 Å². The van der Waals surface area contributed by atoms with E-state index in [1.54, 1.807) is 0 Å². The molecule has 1 heterocycles. The van der Waals surface area contributed by atoms with E-state index in [1.807, 2.05) is 0 Å². The first-order valence-corrected chi connectivity index (χ1v) is 7.29. The molecule has 22 heavy (non-hydrogen) atoms. The number of hydrogen-bond donors (Lipinski definition) is 2. The lowest BCUT2D eigenvalue weighted by molar-refractivity contribution is -0.187. The molecule has 2 aliphatic rings. The first-order valence-electron chi connectivity index (χ1n) is 7.29. The zero-order valence-corrected chi connectivity index (χ0v) is 12.0. The lowest BCUT2D eigenvalue weighted by atomic mass is 9.96. The molecule has 1 fully saturated rings. The number of carbonyl (C=O) groups excluding carboxylic acids is 1. The Hall–Kier alpha value is -1.73. The second-order valence-corrected chi connectivity index (χ2v) is 5.73. The lowest BCUT2D eigenvalue weighted by Crippen LogP contribution is -2.40. The van der Waals surface area contributed by atoms with E-state index in [-0.39, 0.29) is 0 Å². The SMILES string of the molecule is O=C(O)[C@@H]1CN(C(=O)NCCC2=CCCC2)C[C@H]1C(F)(F)F. The average Bonchev–Trinajstić information content (AvgIpc) is 3.06. The number of urea groups is 1. The van der Waals surface area contributed by atoms with E-state index >= 15 is 0 Å². The van der Waals surface area contributed by atoms with Gasteiger partial charge in [0.1, 0.15) is 0 Å². The fourth-order valence-corrected chi connectivity index (χ4v) is 2.96. The van der Waals surface area contributed by atoms with Crippen LogP contribution in [0.25, 0.3) is 0 Å². The molecule has 0 saturated carbocycles. The summed E-state index contributed by atoms with van der Waals surface area (Å²) in [5.74, 6) is -5.12. The Balaban J connectivity index is 1.86. The van der Waals surface area contributed by atoms with Crippen LogP contribution in [0.15, 0.2) is 11.6 Å². The number of amides is 2. The average molecular weight is 320 g/mol. The molecule has 0 aromatic carbocycles. The monoisotopic (exact) mass is 320 g/mol. The van der Waals surface area contributed by atoms with Gasteiger partial charge in [-0.05, 0) is 25.7 Å². The van der Waals surface area contributed by atoms with Gasteiger partial charge in [-0.1, -0.05) is 11.6 Å². The number of likely N-dealkylation sites (tertiary alicyclic amines) is 1. The van der Waals surface area contributed by atoms with Crippen molar-refractivity contribution in [1.82, 2.24) is 10.2 Å². The molecule has 0 spiro atoms. The standard InChI is InChI=1S/C14H19F3N2O3/c15-14(16,17)11-8-19(7-10(11)12(20)21)13(22)18-6-5-9-3-1-2-4-9/h3,10-11H,1-2,4-8H2,(H,18,22)(H,20,21)/t10-,11-/m1/s1. The third kappa shape index (κ3) is 3.92. The van der Waals surface area contributed by atoms with Crippen molar-refractivity contribution in [1.29, 1.82) is 0 Å². The molecule has 124 valence electrons. The van der Waals surface area contributed by atoms with Crippen LogP contribution in [0, 0.1) is 11.8 Å². The van der Waals surface area contributed by atoms with Crippen LogP contribution in [0.4, 0.5) is 18.0 Å². The van der Waals surface area contributed by atoms with Crippen molar-refractivity contribution in [3.05, 3.63) is 11.6 Å². The molecule has 8 heteroatoms. The van der Waals surface area contributed by atoms with Crippen LogP contribution in [-0.2, 0) is 4.79 Å². The van der Waals surface area contributed by atoms with Gasteiger partial charge < -0.3 is 15.3 Å². The minimum atomic E-state index is -4.62. The lowest BCUT2D eigenvalue weighted by Gasteiger charge is -2.18. The maximum Gasteiger partial charge on any atom is 0.394 e. The number of halogens is 3. The summed E-state index contributed by atoms with van der Waals surface area (Å²) in [4.78, 5) is 23.8. The van der Waals surface area contributed by atoms with Crippen molar-refractivity contribution in [3.8, 4) is 0 Å². The first-order chi connectivity index (χ1) is 10.3. The Bertz CT molecular complexity index is 476. The number of rotatable bonds is 4. The molecule has 5 nitrogen and oxygen atoms in total. The minimum absolute atomic E-state index is 0.357. The highest BCUT2D eigenvalue weighted by atomic mass is 19.4. The quantitative estimate of drug-likeness (QED) is 0.782. The van der Waals surface area contributed by atoms with Gasteiger partial charge in [-0.2, -0.15) is 13.2 Å². The summed E-state index contributed by atoms with van der Waals surface area (Å²) in [7, 11) is 0. The van der Waals surface area contributed by atoms with E-state index in [0.717, 1.165) is 24.2 Å². The molecule has 1 aliphatic carbocycles. The fraction of sp³-hybridized carbons (Fsp3) is 0.714. The van der Waals surface area contributed by atoms with Crippen molar-refractivity contribution in [2.24, 2.45) is 11.8 Å². The number of hydrogen-bond acceptors (Lipinski definition) is 2. The maximum atomic E-state index is 12.8. The van der Waals surface area contributed by atoms with Crippen LogP contribution >= 0.6 is 0 Å². The van der Waals surface area contributed by atoms with Gasteiger partial charge in [0, 0.05) is 19.6 Å². The minimum Gasteiger partial charge on any atom is -0.481 e. The largest absolute Gasteiger partial charge is 0.481 e. The highest BCUT2D eigenvalue weighted by Gasteiger charge is 2.53. The number of nitrogens with one attached hydrogen (secondary N) is 1. The topological polar surface area (TPSA) is 69.6 Å². The predicted octanol–water partition coefficient (Wildman–Crippen LogP) is 2.39. The van der Waals surface area contributed by atoms with Crippen LogP contribution in [-0.4, -0.2) is 47.8 Å². The summed E-state index contributed by atoms with van der Waals surface area (Å²) < 4.78 is 38.5. The third-order valence-electron chi connectivity index (χ3n) is 4.20. The summed E-state index contributed by atoms with van der Waals surface area (Å²) in [5.41, 5.74) is 1.25. The molecule has 0 radical (unpaired) electrons. The van der Waals surface area contributed by atoms with E-state index in [1.165, 1.54) is 5.57 Å². The van der Waals surface area contributed by atoms with E-state index < -0.39 is 43.1 Å². The summed E-state index contributed by atoms with van der Waals surface area (Å²) in [6.07, 6.45) is 1.31. The number of allylic oxidation sites excluding steroid dienone is 1. The van der Waals surface area contributed by atoms with Crippen LogP contribution in [0.1, 0.15) is 25.7 Å². The Kier molecular flexibility index (Phi) is 4.97. The second-order valence-electron chi connectivity index (χ2n) is 5.73. The van der Waals surface area contributed by atoms with E-state index in [4.69, 9.17) is 5.11 Å². The van der Waals surface area contributed by atoms with Crippen LogP contribution < -0.4 is 5.32 Å². The summed E-state index contributed by atoms with van der Waals surface area (Å²) in [6.45, 7) is -0.654. The third-order valence-corrected chi connectivity index (χ3v) is 4.20. The predicted molar refractivity (Wildman–Crippen MR) is 72.2 cm³/mol. The van der Waals surface area contributed by atoms with Gasteiger partial charge in [-0.3, -0.25) is 4.79 Å². The van der Waals surface area contributed by atoms with Crippen LogP contribution in [0.2, 0.25) is 0 Å². The summed E-state index contributed by atoms with van der Waals surface area (Å²) >= 11 is 0. The van der Waals surface area contributed by atoms with E-state index in [9.17, 15) is 22.8 Å². The summed E-state index contributed by atoms with van der Waals surface area (Å²) in [5, 5.41) is 11.5. The normalized spacial score (nSPS) is 25.2. The van der Waals surface area contributed by atoms with Crippen LogP contribution in [0.3, 0.4) is 0 Å². The van der Waals surface area contributed by atoms with Gasteiger partial charge in [0.05, 0.1) is 11.8 Å². The van der Waals surface area contributed by atoms with Crippen molar-refractivity contribution in [2.45, 2.75) is 31.9 Å². The van der Waals surface area contributed by atoms with Crippen molar-refractivity contribution < 1.29 is 27.9 Å². The van der Waals surface area contributed by atoms with Gasteiger partial charge in [0.2, 0.25) is 0 Å². The molecule has 2 N–H and O–H groups in total. The Morgan fingerprint density at radius 1 is 1.36 bits per heavy atom. The second kappa shape index (κ2) is 6.58. The molecule has 2 amide bonds. The highest BCUT2D eigenvalue weighted by Crippen LogP contribution is 2.37. The van der Waals surface area contributed by atoms with Gasteiger partial charge >= 0.3 is 18.2 Å². The molecule has 1 saturated heterocycles. The zero-order chi connectivity index (χ0) is 16.3.